The Balaban J connectivity index is 5.52. The first kappa shape index (κ1) is 18.4. The van der Waals surface area contributed by atoms with Gasteiger partial charge in [-0.3, -0.25) is 4.79 Å². The molecule has 3 unspecified atom stereocenters. The van der Waals surface area contributed by atoms with Gasteiger partial charge in [0.25, 0.3) is 0 Å². The predicted octanol–water partition coefficient (Wildman–Crippen LogP) is 2.33. The zero-order valence-corrected chi connectivity index (χ0v) is 12.9. The van der Waals surface area contributed by atoms with Crippen molar-refractivity contribution in [2.45, 2.75) is 59.9 Å². The van der Waals surface area contributed by atoms with Crippen molar-refractivity contribution in [1.82, 2.24) is 0 Å². The average Bonchev–Trinajstić information content (AvgIpc) is 2.30. The minimum absolute atomic E-state index is 0.452. The first-order valence-electron chi connectivity index (χ1n) is 6.97. The number of ether oxygens (including phenoxy) is 3. The Labute approximate surface area is 116 Å². The van der Waals surface area contributed by atoms with Crippen LogP contribution in [0.2, 0.25) is 0 Å². The topological polar surface area (TPSA) is 65.0 Å². The Bertz CT molecular complexity index is 235. The number of carboxylic acid groups (broad SMARTS) is 1. The van der Waals surface area contributed by atoms with Gasteiger partial charge in [-0.25, -0.2) is 0 Å². The maximum Gasteiger partial charge on any atom is 0.317 e. The number of carboxylic acids is 1. The molecule has 0 aliphatic heterocycles. The molecule has 0 aromatic carbocycles. The number of rotatable bonds is 10. The van der Waals surface area contributed by atoms with E-state index in [0.29, 0.717) is 19.8 Å². The van der Waals surface area contributed by atoms with Gasteiger partial charge in [0, 0.05) is 19.8 Å². The summed E-state index contributed by atoms with van der Waals surface area (Å²) in [4.78, 5) is 11.9. The molecule has 0 aliphatic carbocycles. The van der Waals surface area contributed by atoms with Crippen molar-refractivity contribution in [1.29, 1.82) is 0 Å². The van der Waals surface area contributed by atoms with Crippen LogP contribution in [0.4, 0.5) is 0 Å². The summed E-state index contributed by atoms with van der Waals surface area (Å²) in [6.45, 7) is 12.2. The normalized spacial score (nSPS) is 19.5. The molecule has 0 bridgehead atoms. The molecule has 0 radical (unpaired) electrons. The largest absolute Gasteiger partial charge is 0.481 e. The van der Waals surface area contributed by atoms with Crippen molar-refractivity contribution in [3.8, 4) is 0 Å². The van der Waals surface area contributed by atoms with Crippen LogP contribution in [0, 0.1) is 5.41 Å². The summed E-state index contributed by atoms with van der Waals surface area (Å²) in [5.74, 6) is -0.949. The molecular formula is C14H28O5. The smallest absolute Gasteiger partial charge is 0.317 e. The summed E-state index contributed by atoms with van der Waals surface area (Å²) in [6.07, 6.45) is -1.51. The van der Waals surface area contributed by atoms with Gasteiger partial charge >= 0.3 is 5.97 Å². The summed E-state index contributed by atoms with van der Waals surface area (Å²) in [5, 5.41) is 9.77. The van der Waals surface area contributed by atoms with Gasteiger partial charge < -0.3 is 19.3 Å². The summed E-state index contributed by atoms with van der Waals surface area (Å²) < 4.78 is 16.7. The fraction of sp³-hybridized carbons (Fsp3) is 0.929. The van der Waals surface area contributed by atoms with Crippen molar-refractivity contribution in [2.24, 2.45) is 5.41 Å². The van der Waals surface area contributed by atoms with Crippen molar-refractivity contribution >= 4 is 5.97 Å². The van der Waals surface area contributed by atoms with Crippen LogP contribution in [0.25, 0.3) is 0 Å². The Morgan fingerprint density at radius 1 is 0.895 bits per heavy atom. The number of hydrogen-bond donors (Lipinski definition) is 1. The summed E-state index contributed by atoms with van der Waals surface area (Å²) >= 11 is 0. The second-order valence-corrected chi connectivity index (χ2v) is 4.53. The molecule has 0 fully saturated rings. The number of hydrogen-bond acceptors (Lipinski definition) is 4. The molecule has 0 aromatic heterocycles. The fourth-order valence-corrected chi connectivity index (χ4v) is 2.68. The van der Waals surface area contributed by atoms with Gasteiger partial charge in [-0.1, -0.05) is 0 Å². The van der Waals surface area contributed by atoms with Crippen molar-refractivity contribution in [2.75, 3.05) is 19.8 Å². The fourth-order valence-electron chi connectivity index (χ4n) is 2.68. The minimum atomic E-state index is -1.22. The molecule has 0 aromatic rings. The Morgan fingerprint density at radius 3 is 1.32 bits per heavy atom. The maximum atomic E-state index is 11.9. The van der Waals surface area contributed by atoms with E-state index in [1.165, 1.54) is 0 Å². The zero-order valence-electron chi connectivity index (χ0n) is 12.9. The molecule has 114 valence electrons. The third-order valence-corrected chi connectivity index (χ3v) is 3.64. The van der Waals surface area contributed by atoms with Crippen LogP contribution >= 0.6 is 0 Å². The first-order valence-corrected chi connectivity index (χ1v) is 6.97. The van der Waals surface area contributed by atoms with Crippen molar-refractivity contribution in [3.05, 3.63) is 0 Å². The molecule has 5 nitrogen and oxygen atoms in total. The van der Waals surface area contributed by atoms with Crippen LogP contribution in [0.15, 0.2) is 0 Å². The molecule has 3 atom stereocenters. The van der Waals surface area contributed by atoms with E-state index in [9.17, 15) is 9.90 Å². The lowest BCUT2D eigenvalue weighted by atomic mass is 9.73. The van der Waals surface area contributed by atoms with Gasteiger partial charge in [0.05, 0.1) is 18.3 Å². The van der Waals surface area contributed by atoms with Crippen LogP contribution in [-0.2, 0) is 19.0 Å². The second kappa shape index (κ2) is 8.51. The highest BCUT2D eigenvalue weighted by Crippen LogP contribution is 2.37. The highest BCUT2D eigenvalue weighted by molar-refractivity contribution is 5.77. The standard InChI is InChI=1S/C14H28O5/c1-7-17-10(4)14(13(15)16,11(5)18-8-2)12(6)19-9-3/h10-12H,7-9H2,1-6H3,(H,15,16). The summed E-state index contributed by atoms with van der Waals surface area (Å²) in [7, 11) is 0. The maximum absolute atomic E-state index is 11.9. The van der Waals surface area contributed by atoms with Crippen LogP contribution in [0.1, 0.15) is 41.5 Å². The molecule has 0 saturated carbocycles. The van der Waals surface area contributed by atoms with Crippen molar-refractivity contribution < 1.29 is 24.1 Å². The summed E-state index contributed by atoms with van der Waals surface area (Å²) in [6, 6.07) is 0. The first-order chi connectivity index (χ1) is 8.89. The van der Waals surface area contributed by atoms with Crippen LogP contribution in [0.5, 0.6) is 0 Å². The van der Waals surface area contributed by atoms with Crippen molar-refractivity contribution in [3.63, 3.8) is 0 Å². The third kappa shape index (κ3) is 3.91. The highest BCUT2D eigenvalue weighted by Gasteiger charge is 2.54. The quantitative estimate of drug-likeness (QED) is 0.663. The van der Waals surface area contributed by atoms with E-state index in [-0.39, 0.29) is 0 Å². The van der Waals surface area contributed by atoms with Crippen LogP contribution in [0.3, 0.4) is 0 Å². The molecule has 0 heterocycles. The van der Waals surface area contributed by atoms with E-state index in [4.69, 9.17) is 14.2 Å². The van der Waals surface area contributed by atoms with Gasteiger partial charge in [0.1, 0.15) is 5.41 Å². The predicted molar refractivity (Wildman–Crippen MR) is 73.3 cm³/mol. The molecule has 0 spiro atoms. The minimum Gasteiger partial charge on any atom is -0.481 e. The molecule has 0 aliphatic rings. The molecular weight excluding hydrogens is 248 g/mol. The number of carbonyl (C=O) groups is 1. The van der Waals surface area contributed by atoms with Gasteiger partial charge in [0.15, 0.2) is 0 Å². The van der Waals surface area contributed by atoms with E-state index >= 15 is 0 Å². The average molecular weight is 276 g/mol. The molecule has 19 heavy (non-hydrogen) atoms. The molecule has 0 amide bonds. The Kier molecular flexibility index (Phi) is 8.22. The van der Waals surface area contributed by atoms with E-state index in [2.05, 4.69) is 0 Å². The van der Waals surface area contributed by atoms with Gasteiger partial charge in [-0.05, 0) is 41.5 Å². The van der Waals surface area contributed by atoms with Crippen LogP contribution in [-0.4, -0.2) is 49.2 Å². The van der Waals surface area contributed by atoms with Gasteiger partial charge in [0.2, 0.25) is 0 Å². The second-order valence-electron chi connectivity index (χ2n) is 4.53. The molecule has 0 rings (SSSR count). The van der Waals surface area contributed by atoms with E-state index in [0.717, 1.165) is 0 Å². The van der Waals surface area contributed by atoms with Gasteiger partial charge in [-0.2, -0.15) is 0 Å². The Hall–Kier alpha value is -0.650. The highest BCUT2D eigenvalue weighted by atomic mass is 16.5. The molecule has 1 N–H and O–H groups in total. The lowest BCUT2D eigenvalue weighted by Gasteiger charge is -2.43. The van der Waals surface area contributed by atoms with Gasteiger partial charge in [-0.15, -0.1) is 0 Å². The molecule has 0 saturated heterocycles. The summed E-state index contributed by atoms with van der Waals surface area (Å²) in [5.41, 5.74) is -1.22. The zero-order chi connectivity index (χ0) is 15.1. The van der Waals surface area contributed by atoms with E-state index in [1.54, 1.807) is 20.8 Å². The van der Waals surface area contributed by atoms with E-state index < -0.39 is 29.7 Å². The third-order valence-electron chi connectivity index (χ3n) is 3.64. The SMILES string of the molecule is CCOC(C)C(C(=O)O)(C(C)OCC)C(C)OCC. The number of aliphatic carboxylic acids is 1. The monoisotopic (exact) mass is 276 g/mol. The lowest BCUT2D eigenvalue weighted by Crippen LogP contribution is -2.58. The lowest BCUT2D eigenvalue weighted by molar-refractivity contribution is -0.200. The molecule has 5 heteroatoms. The Morgan fingerprint density at radius 2 is 1.16 bits per heavy atom. The van der Waals surface area contributed by atoms with E-state index in [1.807, 2.05) is 20.8 Å². The van der Waals surface area contributed by atoms with Crippen LogP contribution < -0.4 is 0 Å².